The van der Waals surface area contributed by atoms with Gasteiger partial charge >= 0.3 is 0 Å². The first kappa shape index (κ1) is 18.3. The van der Waals surface area contributed by atoms with Gasteiger partial charge in [0.15, 0.2) is 0 Å². The summed E-state index contributed by atoms with van der Waals surface area (Å²) in [6.07, 6.45) is 5.66. The van der Waals surface area contributed by atoms with Gasteiger partial charge in [-0.1, -0.05) is 37.3 Å². The van der Waals surface area contributed by atoms with Gasteiger partial charge in [0.25, 0.3) is 0 Å². The molecule has 0 radical (unpaired) electrons. The third kappa shape index (κ3) is 3.84. The van der Waals surface area contributed by atoms with Crippen molar-refractivity contribution in [3.05, 3.63) is 66.4 Å². The lowest BCUT2D eigenvalue weighted by atomic mass is 9.94. The molecule has 6 nitrogen and oxygen atoms in total. The molecule has 0 aliphatic carbocycles. The SMILES string of the molecule is CNS(=O)(=O)c1cnc(C[C@@H](C)c2ccccc2)c(-c2cn(C)cn2)c1. The van der Waals surface area contributed by atoms with Gasteiger partial charge in [-0.05, 0) is 31.0 Å². The maximum atomic E-state index is 12.2. The summed E-state index contributed by atoms with van der Waals surface area (Å²) in [4.78, 5) is 8.99. The van der Waals surface area contributed by atoms with E-state index in [-0.39, 0.29) is 10.8 Å². The Morgan fingerprint density at radius 2 is 1.92 bits per heavy atom. The van der Waals surface area contributed by atoms with E-state index in [0.717, 1.165) is 11.3 Å². The number of nitrogens with zero attached hydrogens (tertiary/aromatic N) is 3. The molecule has 2 aromatic heterocycles. The minimum absolute atomic E-state index is 0.136. The summed E-state index contributed by atoms with van der Waals surface area (Å²) in [6.45, 7) is 2.14. The van der Waals surface area contributed by atoms with E-state index >= 15 is 0 Å². The summed E-state index contributed by atoms with van der Waals surface area (Å²) in [5.74, 6) is 0.248. The second-order valence-corrected chi connectivity index (χ2v) is 8.20. The van der Waals surface area contributed by atoms with Crippen LogP contribution in [0.1, 0.15) is 24.1 Å². The van der Waals surface area contributed by atoms with Crippen molar-refractivity contribution in [2.24, 2.45) is 7.05 Å². The summed E-state index contributed by atoms with van der Waals surface area (Å²) in [5, 5.41) is 0. The van der Waals surface area contributed by atoms with E-state index < -0.39 is 10.0 Å². The zero-order valence-electron chi connectivity index (χ0n) is 15.0. The Labute approximate surface area is 154 Å². The Kier molecular flexibility index (Phi) is 5.20. The molecule has 3 aromatic rings. The summed E-state index contributed by atoms with van der Waals surface area (Å²) in [7, 11) is -0.297. The number of hydrogen-bond acceptors (Lipinski definition) is 4. The maximum absolute atomic E-state index is 12.2. The second-order valence-electron chi connectivity index (χ2n) is 6.31. The highest BCUT2D eigenvalue weighted by molar-refractivity contribution is 7.89. The van der Waals surface area contributed by atoms with Crippen LogP contribution < -0.4 is 4.72 Å². The predicted octanol–water partition coefficient (Wildman–Crippen LogP) is 2.74. The Hall–Kier alpha value is -2.51. The van der Waals surface area contributed by atoms with Crippen molar-refractivity contribution >= 4 is 10.0 Å². The first-order valence-corrected chi connectivity index (χ1v) is 9.85. The summed E-state index contributed by atoms with van der Waals surface area (Å²) in [5.41, 5.74) is 3.50. The fourth-order valence-corrected chi connectivity index (χ4v) is 3.56. The van der Waals surface area contributed by atoms with Gasteiger partial charge in [0.1, 0.15) is 4.90 Å². The van der Waals surface area contributed by atoms with Gasteiger partial charge in [0.05, 0.1) is 17.7 Å². The van der Waals surface area contributed by atoms with Gasteiger partial charge in [0, 0.05) is 25.0 Å². The molecule has 0 amide bonds. The molecular formula is C19H22N4O2S. The van der Waals surface area contributed by atoms with E-state index in [4.69, 9.17) is 0 Å². The molecule has 0 aliphatic heterocycles. The van der Waals surface area contributed by atoms with E-state index in [9.17, 15) is 8.42 Å². The number of sulfonamides is 1. The van der Waals surface area contributed by atoms with Crippen molar-refractivity contribution in [3.63, 3.8) is 0 Å². The molecule has 3 rings (SSSR count). The van der Waals surface area contributed by atoms with Crippen molar-refractivity contribution in [1.82, 2.24) is 19.3 Å². The average molecular weight is 370 g/mol. The van der Waals surface area contributed by atoms with Crippen LogP contribution >= 0.6 is 0 Å². The monoisotopic (exact) mass is 370 g/mol. The van der Waals surface area contributed by atoms with Gasteiger partial charge < -0.3 is 4.57 Å². The normalized spacial score (nSPS) is 12.9. The van der Waals surface area contributed by atoms with E-state index in [1.54, 1.807) is 12.4 Å². The Morgan fingerprint density at radius 3 is 2.54 bits per heavy atom. The Morgan fingerprint density at radius 1 is 1.19 bits per heavy atom. The molecule has 1 N–H and O–H groups in total. The topological polar surface area (TPSA) is 76.9 Å². The van der Waals surface area contributed by atoms with Gasteiger partial charge in [-0.2, -0.15) is 0 Å². The van der Waals surface area contributed by atoms with E-state index in [1.807, 2.05) is 36.0 Å². The number of nitrogens with one attached hydrogen (secondary N) is 1. The summed E-state index contributed by atoms with van der Waals surface area (Å²) < 4.78 is 28.5. The quantitative estimate of drug-likeness (QED) is 0.724. The number of aryl methyl sites for hydroxylation is 1. The first-order chi connectivity index (χ1) is 12.4. The molecule has 0 aliphatic rings. The zero-order valence-corrected chi connectivity index (χ0v) is 15.9. The lowest BCUT2D eigenvalue weighted by molar-refractivity contribution is 0.587. The van der Waals surface area contributed by atoms with Crippen LogP contribution in [0.15, 0.2) is 60.0 Å². The standard InChI is InChI=1S/C19H22N4O2S/c1-14(15-7-5-4-6-8-15)9-18-17(19-12-23(3)13-22-19)10-16(11-21-18)26(24,25)20-2/h4-8,10-14,20H,9H2,1-3H3/t14-/m1/s1. The lowest BCUT2D eigenvalue weighted by Crippen LogP contribution is -2.19. The van der Waals surface area contributed by atoms with Crippen LogP contribution in [0.25, 0.3) is 11.3 Å². The fraction of sp³-hybridized carbons (Fsp3) is 0.263. The molecule has 26 heavy (non-hydrogen) atoms. The van der Waals surface area contributed by atoms with Gasteiger partial charge in [-0.25, -0.2) is 18.1 Å². The minimum atomic E-state index is -3.57. The van der Waals surface area contributed by atoms with Crippen molar-refractivity contribution in [1.29, 1.82) is 0 Å². The van der Waals surface area contributed by atoms with E-state index in [0.29, 0.717) is 12.1 Å². The maximum Gasteiger partial charge on any atom is 0.241 e. The van der Waals surface area contributed by atoms with Crippen LogP contribution in [0.5, 0.6) is 0 Å². The van der Waals surface area contributed by atoms with Gasteiger partial charge in [-0.15, -0.1) is 0 Å². The van der Waals surface area contributed by atoms with Crippen molar-refractivity contribution < 1.29 is 8.42 Å². The summed E-state index contributed by atoms with van der Waals surface area (Å²) in [6, 6.07) is 11.8. The van der Waals surface area contributed by atoms with Crippen molar-refractivity contribution in [2.45, 2.75) is 24.2 Å². The van der Waals surface area contributed by atoms with Crippen LogP contribution in [-0.2, 0) is 23.5 Å². The summed E-state index contributed by atoms with van der Waals surface area (Å²) >= 11 is 0. The zero-order chi connectivity index (χ0) is 18.7. The third-order valence-corrected chi connectivity index (χ3v) is 5.75. The molecular weight excluding hydrogens is 348 g/mol. The molecule has 0 saturated heterocycles. The highest BCUT2D eigenvalue weighted by atomic mass is 32.2. The van der Waals surface area contributed by atoms with Crippen LogP contribution in [0, 0.1) is 0 Å². The molecule has 136 valence electrons. The van der Waals surface area contributed by atoms with Gasteiger partial charge in [0.2, 0.25) is 10.0 Å². The second kappa shape index (κ2) is 7.39. The van der Waals surface area contributed by atoms with Crippen molar-refractivity contribution in [2.75, 3.05) is 7.05 Å². The number of hydrogen-bond donors (Lipinski definition) is 1. The highest BCUT2D eigenvalue weighted by Crippen LogP contribution is 2.28. The van der Waals surface area contributed by atoms with E-state index in [2.05, 4.69) is 33.7 Å². The van der Waals surface area contributed by atoms with E-state index in [1.165, 1.54) is 18.8 Å². The largest absolute Gasteiger partial charge is 0.340 e. The first-order valence-electron chi connectivity index (χ1n) is 8.36. The molecule has 0 fully saturated rings. The number of benzene rings is 1. The molecule has 0 unspecified atom stereocenters. The van der Waals surface area contributed by atoms with Crippen molar-refractivity contribution in [3.8, 4) is 11.3 Å². The molecule has 1 aromatic carbocycles. The molecule has 2 heterocycles. The third-order valence-electron chi connectivity index (χ3n) is 4.37. The number of imidazole rings is 1. The lowest BCUT2D eigenvalue weighted by Gasteiger charge is -2.15. The Balaban J connectivity index is 2.04. The number of pyridine rings is 1. The van der Waals surface area contributed by atoms with Crippen LogP contribution in [0.3, 0.4) is 0 Å². The number of rotatable bonds is 6. The van der Waals surface area contributed by atoms with Crippen LogP contribution in [0.2, 0.25) is 0 Å². The molecule has 7 heteroatoms. The number of aromatic nitrogens is 3. The molecule has 1 atom stereocenters. The fourth-order valence-electron chi connectivity index (χ4n) is 2.86. The van der Waals surface area contributed by atoms with Gasteiger partial charge in [-0.3, -0.25) is 4.98 Å². The smallest absolute Gasteiger partial charge is 0.241 e. The van der Waals surface area contributed by atoms with Crippen LogP contribution in [-0.4, -0.2) is 30.0 Å². The Bertz CT molecular complexity index is 997. The highest BCUT2D eigenvalue weighted by Gasteiger charge is 2.19. The minimum Gasteiger partial charge on any atom is -0.340 e. The predicted molar refractivity (Wildman–Crippen MR) is 101 cm³/mol. The molecule has 0 bridgehead atoms. The molecule has 0 spiro atoms. The van der Waals surface area contributed by atoms with Crippen LogP contribution in [0.4, 0.5) is 0 Å². The molecule has 0 saturated carbocycles. The average Bonchev–Trinajstić information content (AvgIpc) is 3.08.